The summed E-state index contributed by atoms with van der Waals surface area (Å²) >= 11 is 0. The number of aliphatic carboxylic acids is 1. The minimum atomic E-state index is -1.62. The first-order chi connectivity index (χ1) is 5.10. The average molecular weight is 155 g/mol. The molecule has 0 aromatic carbocycles. The van der Waals surface area contributed by atoms with E-state index < -0.39 is 17.5 Å². The maximum atomic E-state index is 10.5. The summed E-state index contributed by atoms with van der Waals surface area (Å²) in [7, 11) is 0. The van der Waals surface area contributed by atoms with Gasteiger partial charge in [0.05, 0.1) is 12.0 Å². The van der Waals surface area contributed by atoms with Gasteiger partial charge in [-0.2, -0.15) is 5.26 Å². The zero-order chi connectivity index (χ0) is 8.48. The van der Waals surface area contributed by atoms with E-state index in [1.807, 2.05) is 0 Å². The summed E-state index contributed by atoms with van der Waals surface area (Å²) in [6.45, 7) is 0. The number of carbonyl (C=O) groups is 1. The predicted octanol–water partition coefficient (Wildman–Crippen LogP) is 0.126. The highest BCUT2D eigenvalue weighted by Gasteiger charge is 2.45. The molecule has 1 aliphatic rings. The molecule has 0 heterocycles. The standard InChI is InChI=1S/C7H9NO3/c8-4-7(11)3-1-2-5(7)6(9)10/h5,11H,1-3H2,(H,9,10). The quantitative estimate of drug-likeness (QED) is 0.527. The molecule has 0 radical (unpaired) electrons. The van der Waals surface area contributed by atoms with Crippen molar-refractivity contribution in [3.8, 4) is 6.07 Å². The molecule has 1 aliphatic carbocycles. The second kappa shape index (κ2) is 2.51. The highest BCUT2D eigenvalue weighted by atomic mass is 16.4. The summed E-state index contributed by atoms with van der Waals surface area (Å²) in [5.74, 6) is -1.97. The molecule has 0 aromatic heterocycles. The highest BCUT2D eigenvalue weighted by Crippen LogP contribution is 2.35. The first-order valence-corrected chi connectivity index (χ1v) is 3.46. The van der Waals surface area contributed by atoms with Crippen molar-refractivity contribution in [1.82, 2.24) is 0 Å². The number of carboxylic acid groups (broad SMARTS) is 1. The van der Waals surface area contributed by atoms with Crippen molar-refractivity contribution in [2.45, 2.75) is 24.9 Å². The Morgan fingerprint density at radius 2 is 2.36 bits per heavy atom. The van der Waals surface area contributed by atoms with Crippen LogP contribution in [0, 0.1) is 17.2 Å². The number of aliphatic hydroxyl groups is 1. The molecule has 0 amide bonds. The van der Waals surface area contributed by atoms with Crippen molar-refractivity contribution in [1.29, 1.82) is 5.26 Å². The van der Waals surface area contributed by atoms with Crippen LogP contribution in [0.4, 0.5) is 0 Å². The van der Waals surface area contributed by atoms with E-state index in [0.29, 0.717) is 12.8 Å². The Kier molecular flexibility index (Phi) is 1.83. The lowest BCUT2D eigenvalue weighted by atomic mass is 9.93. The van der Waals surface area contributed by atoms with E-state index in [2.05, 4.69) is 0 Å². The normalized spacial score (nSPS) is 36.5. The zero-order valence-electron chi connectivity index (χ0n) is 5.95. The molecule has 1 rings (SSSR count). The van der Waals surface area contributed by atoms with Gasteiger partial charge in [-0.15, -0.1) is 0 Å². The van der Waals surface area contributed by atoms with Gasteiger partial charge in [0.15, 0.2) is 5.60 Å². The molecule has 11 heavy (non-hydrogen) atoms. The number of rotatable bonds is 1. The molecule has 0 aliphatic heterocycles. The van der Waals surface area contributed by atoms with Crippen LogP contribution >= 0.6 is 0 Å². The second-order valence-electron chi connectivity index (χ2n) is 2.82. The Hall–Kier alpha value is -1.08. The minimum absolute atomic E-state index is 0.278. The fourth-order valence-electron chi connectivity index (χ4n) is 1.45. The number of hydrogen-bond acceptors (Lipinski definition) is 3. The lowest BCUT2D eigenvalue weighted by Crippen LogP contribution is -2.36. The highest BCUT2D eigenvalue weighted by molar-refractivity contribution is 5.72. The lowest BCUT2D eigenvalue weighted by Gasteiger charge is -2.17. The monoisotopic (exact) mass is 155 g/mol. The predicted molar refractivity (Wildman–Crippen MR) is 35.5 cm³/mol. The van der Waals surface area contributed by atoms with Gasteiger partial charge in [-0.25, -0.2) is 0 Å². The first-order valence-electron chi connectivity index (χ1n) is 3.46. The molecule has 0 saturated heterocycles. The van der Waals surface area contributed by atoms with Crippen LogP contribution in [0.5, 0.6) is 0 Å². The summed E-state index contributed by atoms with van der Waals surface area (Å²) in [5.41, 5.74) is -1.62. The van der Waals surface area contributed by atoms with E-state index in [4.69, 9.17) is 10.4 Å². The summed E-state index contributed by atoms with van der Waals surface area (Å²) in [5, 5.41) is 26.4. The van der Waals surface area contributed by atoms with Gasteiger partial charge in [-0.1, -0.05) is 0 Å². The van der Waals surface area contributed by atoms with Gasteiger partial charge in [0.2, 0.25) is 0 Å². The molecule has 2 atom stereocenters. The largest absolute Gasteiger partial charge is 0.481 e. The molecule has 0 aromatic rings. The van der Waals surface area contributed by atoms with Crippen LogP contribution in [0.1, 0.15) is 19.3 Å². The average Bonchev–Trinajstić information content (AvgIpc) is 2.32. The van der Waals surface area contributed by atoms with Gasteiger partial charge >= 0.3 is 5.97 Å². The van der Waals surface area contributed by atoms with Gasteiger partial charge in [0.1, 0.15) is 0 Å². The fourth-order valence-corrected chi connectivity index (χ4v) is 1.45. The molecule has 4 heteroatoms. The first kappa shape index (κ1) is 8.02. The number of nitriles is 1. The second-order valence-corrected chi connectivity index (χ2v) is 2.82. The minimum Gasteiger partial charge on any atom is -0.481 e. The van der Waals surface area contributed by atoms with E-state index in [0.717, 1.165) is 0 Å². The number of carboxylic acids is 1. The van der Waals surface area contributed by atoms with Crippen molar-refractivity contribution in [2.24, 2.45) is 5.92 Å². The molecular weight excluding hydrogens is 146 g/mol. The Bertz CT molecular complexity index is 220. The van der Waals surface area contributed by atoms with Crippen molar-refractivity contribution < 1.29 is 15.0 Å². The van der Waals surface area contributed by atoms with Crippen molar-refractivity contribution >= 4 is 5.97 Å². The van der Waals surface area contributed by atoms with Gasteiger partial charge in [-0.05, 0) is 19.3 Å². The molecule has 2 N–H and O–H groups in total. The topological polar surface area (TPSA) is 81.3 Å². The third-order valence-corrected chi connectivity index (χ3v) is 2.12. The lowest BCUT2D eigenvalue weighted by molar-refractivity contribution is -0.146. The molecule has 0 spiro atoms. The van der Waals surface area contributed by atoms with E-state index >= 15 is 0 Å². The molecule has 1 fully saturated rings. The van der Waals surface area contributed by atoms with E-state index in [1.54, 1.807) is 6.07 Å². The Morgan fingerprint density at radius 1 is 1.73 bits per heavy atom. The third kappa shape index (κ3) is 1.19. The van der Waals surface area contributed by atoms with Crippen LogP contribution in [0.15, 0.2) is 0 Å². The van der Waals surface area contributed by atoms with E-state index in [-0.39, 0.29) is 6.42 Å². The molecular formula is C7H9NO3. The van der Waals surface area contributed by atoms with Gasteiger partial charge in [0.25, 0.3) is 0 Å². The van der Waals surface area contributed by atoms with Crippen molar-refractivity contribution in [2.75, 3.05) is 0 Å². The summed E-state index contributed by atoms with van der Waals surface area (Å²) < 4.78 is 0. The molecule has 1 saturated carbocycles. The van der Waals surface area contributed by atoms with Gasteiger partial charge in [-0.3, -0.25) is 4.79 Å². The SMILES string of the molecule is N#CC1(O)CCCC1C(=O)O. The summed E-state index contributed by atoms with van der Waals surface area (Å²) in [6, 6.07) is 1.65. The van der Waals surface area contributed by atoms with Crippen LogP contribution in [0.25, 0.3) is 0 Å². The van der Waals surface area contributed by atoms with Crippen molar-refractivity contribution in [3.63, 3.8) is 0 Å². The maximum Gasteiger partial charge on any atom is 0.310 e. The van der Waals surface area contributed by atoms with Crippen LogP contribution in [-0.2, 0) is 4.79 Å². The molecule has 4 nitrogen and oxygen atoms in total. The fraction of sp³-hybridized carbons (Fsp3) is 0.714. The van der Waals surface area contributed by atoms with Crippen LogP contribution in [0.3, 0.4) is 0 Å². The van der Waals surface area contributed by atoms with Gasteiger partial charge < -0.3 is 10.2 Å². The van der Waals surface area contributed by atoms with Gasteiger partial charge in [0, 0.05) is 0 Å². The summed E-state index contributed by atoms with van der Waals surface area (Å²) in [4.78, 5) is 10.5. The molecule has 0 bridgehead atoms. The van der Waals surface area contributed by atoms with E-state index in [9.17, 15) is 9.90 Å². The van der Waals surface area contributed by atoms with Crippen LogP contribution in [-0.4, -0.2) is 21.8 Å². The maximum absolute atomic E-state index is 10.5. The van der Waals surface area contributed by atoms with E-state index in [1.165, 1.54) is 0 Å². The molecule has 2 unspecified atom stereocenters. The zero-order valence-corrected chi connectivity index (χ0v) is 5.95. The third-order valence-electron chi connectivity index (χ3n) is 2.12. The summed E-state index contributed by atoms with van der Waals surface area (Å²) in [6.07, 6.45) is 1.29. The Balaban J connectivity index is 2.82. The Labute approximate surface area is 64.1 Å². The smallest absolute Gasteiger partial charge is 0.310 e. The number of hydrogen-bond donors (Lipinski definition) is 2. The van der Waals surface area contributed by atoms with Crippen molar-refractivity contribution in [3.05, 3.63) is 0 Å². The Morgan fingerprint density at radius 3 is 2.73 bits per heavy atom. The molecule has 60 valence electrons. The number of nitrogens with zero attached hydrogens (tertiary/aromatic N) is 1. The van der Waals surface area contributed by atoms with Crippen LogP contribution < -0.4 is 0 Å². The van der Waals surface area contributed by atoms with Crippen LogP contribution in [0.2, 0.25) is 0 Å².